The van der Waals surface area contributed by atoms with Crippen molar-refractivity contribution in [1.29, 1.82) is 0 Å². The summed E-state index contributed by atoms with van der Waals surface area (Å²) in [4.78, 5) is 24.5. The van der Waals surface area contributed by atoms with Crippen LogP contribution in [-0.4, -0.2) is 38.2 Å². The third-order valence-electron chi connectivity index (χ3n) is 7.82. The Morgan fingerprint density at radius 3 is 1.38 bits per heavy atom. The fraction of sp³-hybridized carbons (Fsp3) is 0.750. The first-order chi connectivity index (χ1) is 22.1. The molecule has 0 aromatic carbocycles. The van der Waals surface area contributed by atoms with Crippen molar-refractivity contribution in [3.8, 4) is 0 Å². The number of allylic oxidation sites excluding steroid dienone is 8. The van der Waals surface area contributed by atoms with E-state index in [2.05, 4.69) is 67.8 Å². The number of likely N-dealkylation sites (N-methyl/N-ethyl adjacent to an activating group) is 1. The lowest BCUT2D eigenvalue weighted by Gasteiger charge is -2.17. The molecule has 0 radical (unpaired) electrons. The Hall–Kier alpha value is -2.14. The van der Waals surface area contributed by atoms with E-state index in [1.807, 2.05) is 7.05 Å². The van der Waals surface area contributed by atoms with Gasteiger partial charge in [0.25, 0.3) is 0 Å². The summed E-state index contributed by atoms with van der Waals surface area (Å²) in [5.74, 6) is -0.405. The summed E-state index contributed by atoms with van der Waals surface area (Å²) in [5, 5.41) is 3.03. The standard InChI is InChI=1S/C40H71NO4/c1-4-6-8-10-12-14-16-18-20-22-24-26-28-30-32-34-39(42)44-37-38(36-41-3)45-40(43)35-33-31-29-27-25-23-21-19-17-15-13-11-9-7-5-2/h12-15,18-21,38,41H,4-11,16-17,22-37H2,1-3H3/b14-12-,15-13-,20-18-,21-19-. The number of hydrogen-bond acceptors (Lipinski definition) is 5. The molecule has 0 bridgehead atoms. The van der Waals surface area contributed by atoms with E-state index in [1.165, 1.54) is 77.0 Å². The number of carbonyl (C=O) groups excluding carboxylic acids is 2. The predicted molar refractivity (Wildman–Crippen MR) is 193 cm³/mol. The van der Waals surface area contributed by atoms with Crippen molar-refractivity contribution in [3.63, 3.8) is 0 Å². The highest BCUT2D eigenvalue weighted by atomic mass is 16.6. The number of rotatable bonds is 33. The molecule has 0 aliphatic carbocycles. The van der Waals surface area contributed by atoms with E-state index in [-0.39, 0.29) is 18.5 Å². The number of hydrogen-bond donors (Lipinski definition) is 1. The second kappa shape index (κ2) is 36.3. The zero-order valence-corrected chi connectivity index (χ0v) is 29.7. The van der Waals surface area contributed by atoms with Gasteiger partial charge in [0.1, 0.15) is 12.7 Å². The number of ether oxygens (including phenoxy) is 2. The minimum Gasteiger partial charge on any atom is -0.462 e. The molecule has 0 rings (SSSR count). The smallest absolute Gasteiger partial charge is 0.306 e. The highest BCUT2D eigenvalue weighted by Crippen LogP contribution is 2.11. The van der Waals surface area contributed by atoms with Gasteiger partial charge in [-0.2, -0.15) is 0 Å². The Morgan fingerprint density at radius 1 is 0.533 bits per heavy atom. The third-order valence-corrected chi connectivity index (χ3v) is 7.82. The number of nitrogens with one attached hydrogen (secondary N) is 1. The van der Waals surface area contributed by atoms with Crippen molar-refractivity contribution >= 4 is 11.9 Å². The normalized spacial score (nSPS) is 12.7. The summed E-state index contributed by atoms with van der Waals surface area (Å²) in [6.45, 7) is 5.08. The molecule has 5 nitrogen and oxygen atoms in total. The molecular formula is C40H71NO4. The Labute approximate surface area is 278 Å². The zero-order valence-electron chi connectivity index (χ0n) is 29.7. The second-order valence-corrected chi connectivity index (χ2v) is 12.3. The summed E-state index contributed by atoms with van der Waals surface area (Å²) >= 11 is 0. The maximum absolute atomic E-state index is 12.3. The third kappa shape index (κ3) is 34.6. The van der Waals surface area contributed by atoms with E-state index in [4.69, 9.17) is 9.47 Å². The molecule has 0 aliphatic rings. The van der Waals surface area contributed by atoms with E-state index in [0.29, 0.717) is 19.4 Å². The van der Waals surface area contributed by atoms with Crippen LogP contribution in [0.2, 0.25) is 0 Å². The molecule has 0 saturated carbocycles. The van der Waals surface area contributed by atoms with E-state index >= 15 is 0 Å². The fourth-order valence-corrected chi connectivity index (χ4v) is 5.03. The minimum absolute atomic E-state index is 0.119. The van der Waals surface area contributed by atoms with Crippen molar-refractivity contribution in [3.05, 3.63) is 48.6 Å². The highest BCUT2D eigenvalue weighted by molar-refractivity contribution is 5.70. The average molecular weight is 630 g/mol. The van der Waals surface area contributed by atoms with Crippen molar-refractivity contribution in [2.75, 3.05) is 20.2 Å². The largest absolute Gasteiger partial charge is 0.462 e. The minimum atomic E-state index is -0.436. The Morgan fingerprint density at radius 2 is 0.933 bits per heavy atom. The lowest BCUT2D eigenvalue weighted by atomic mass is 10.1. The van der Waals surface area contributed by atoms with Crippen LogP contribution in [0.15, 0.2) is 48.6 Å². The Balaban J connectivity index is 3.74. The molecule has 0 heterocycles. The van der Waals surface area contributed by atoms with Crippen molar-refractivity contribution in [1.82, 2.24) is 5.32 Å². The maximum atomic E-state index is 12.3. The van der Waals surface area contributed by atoms with E-state index in [1.54, 1.807) is 0 Å². The molecule has 1 atom stereocenters. The quantitative estimate of drug-likeness (QED) is 0.0444. The molecule has 0 aliphatic heterocycles. The van der Waals surface area contributed by atoms with Gasteiger partial charge in [0.05, 0.1) is 0 Å². The van der Waals surface area contributed by atoms with Gasteiger partial charge in [-0.15, -0.1) is 0 Å². The lowest BCUT2D eigenvalue weighted by molar-refractivity contribution is -0.159. The summed E-state index contributed by atoms with van der Waals surface area (Å²) < 4.78 is 11.0. The summed E-state index contributed by atoms with van der Waals surface area (Å²) in [5.41, 5.74) is 0. The van der Waals surface area contributed by atoms with Crippen LogP contribution in [0, 0.1) is 0 Å². The molecule has 260 valence electrons. The number of carbonyl (C=O) groups is 2. The van der Waals surface area contributed by atoms with Gasteiger partial charge in [0, 0.05) is 19.4 Å². The zero-order chi connectivity index (χ0) is 32.9. The van der Waals surface area contributed by atoms with Gasteiger partial charge in [0.15, 0.2) is 0 Å². The van der Waals surface area contributed by atoms with Crippen LogP contribution < -0.4 is 5.32 Å². The molecule has 0 spiro atoms. The van der Waals surface area contributed by atoms with Gasteiger partial charge in [-0.1, -0.05) is 127 Å². The molecule has 5 heteroatoms. The van der Waals surface area contributed by atoms with Gasteiger partial charge in [-0.05, 0) is 84.1 Å². The van der Waals surface area contributed by atoms with Gasteiger partial charge < -0.3 is 14.8 Å². The van der Waals surface area contributed by atoms with Crippen LogP contribution in [-0.2, 0) is 19.1 Å². The molecule has 0 fully saturated rings. The number of esters is 2. The van der Waals surface area contributed by atoms with Crippen LogP contribution in [0.3, 0.4) is 0 Å². The van der Waals surface area contributed by atoms with Gasteiger partial charge in [-0.3, -0.25) is 9.59 Å². The van der Waals surface area contributed by atoms with Crippen molar-refractivity contribution in [2.24, 2.45) is 0 Å². The molecule has 0 aromatic heterocycles. The first-order valence-electron chi connectivity index (χ1n) is 18.7. The van der Waals surface area contributed by atoms with Crippen LogP contribution in [0.1, 0.15) is 168 Å². The second-order valence-electron chi connectivity index (χ2n) is 12.3. The number of unbranched alkanes of at least 4 members (excludes halogenated alkanes) is 16. The van der Waals surface area contributed by atoms with Crippen LogP contribution in [0.5, 0.6) is 0 Å². The highest BCUT2D eigenvalue weighted by Gasteiger charge is 2.16. The molecule has 0 saturated heterocycles. The Bertz CT molecular complexity index is 770. The predicted octanol–water partition coefficient (Wildman–Crippen LogP) is 11.3. The average Bonchev–Trinajstić information content (AvgIpc) is 3.03. The van der Waals surface area contributed by atoms with Crippen LogP contribution in [0.4, 0.5) is 0 Å². The molecule has 0 aromatic rings. The molecule has 0 amide bonds. The first kappa shape index (κ1) is 42.9. The van der Waals surface area contributed by atoms with Gasteiger partial charge in [0.2, 0.25) is 0 Å². The molecule has 1 N–H and O–H groups in total. The van der Waals surface area contributed by atoms with E-state index in [9.17, 15) is 9.59 Å². The summed E-state index contributed by atoms with van der Waals surface area (Å²) in [7, 11) is 1.81. The van der Waals surface area contributed by atoms with E-state index < -0.39 is 6.10 Å². The Kier molecular flexibility index (Phi) is 34.6. The maximum Gasteiger partial charge on any atom is 0.306 e. The van der Waals surface area contributed by atoms with E-state index in [0.717, 1.165) is 64.2 Å². The van der Waals surface area contributed by atoms with Gasteiger partial charge >= 0.3 is 11.9 Å². The fourth-order valence-electron chi connectivity index (χ4n) is 5.03. The SMILES string of the molecule is CCCCC/C=C\C/C=C\CCCCCCCC(=O)OCC(CNC)OC(=O)CCCCCCC/C=C\C/C=C\CCCCC. The topological polar surface area (TPSA) is 64.6 Å². The molecule has 45 heavy (non-hydrogen) atoms. The van der Waals surface area contributed by atoms with Crippen molar-refractivity contribution < 1.29 is 19.1 Å². The van der Waals surface area contributed by atoms with Crippen LogP contribution >= 0.6 is 0 Å². The monoisotopic (exact) mass is 630 g/mol. The van der Waals surface area contributed by atoms with Gasteiger partial charge in [-0.25, -0.2) is 0 Å². The molecule has 1 unspecified atom stereocenters. The first-order valence-corrected chi connectivity index (χ1v) is 18.7. The lowest BCUT2D eigenvalue weighted by Crippen LogP contribution is -2.33. The molecular weight excluding hydrogens is 558 g/mol. The summed E-state index contributed by atoms with van der Waals surface area (Å²) in [6, 6.07) is 0. The summed E-state index contributed by atoms with van der Waals surface area (Å²) in [6.07, 6.45) is 44.1. The van der Waals surface area contributed by atoms with Crippen molar-refractivity contribution in [2.45, 2.75) is 174 Å². The van der Waals surface area contributed by atoms with Crippen LogP contribution in [0.25, 0.3) is 0 Å².